The molecule has 0 bridgehead atoms. The summed E-state index contributed by atoms with van der Waals surface area (Å²) in [6.45, 7) is 4.14. The lowest BCUT2D eigenvalue weighted by Crippen LogP contribution is -2.56. The highest BCUT2D eigenvalue weighted by Gasteiger charge is 2.38. The second-order valence-electron chi connectivity index (χ2n) is 9.86. The first kappa shape index (κ1) is 25.0. The summed E-state index contributed by atoms with van der Waals surface area (Å²) >= 11 is 0. The number of carbonyl (C=O) groups excluding carboxylic acids is 2. The van der Waals surface area contributed by atoms with E-state index >= 15 is 0 Å². The van der Waals surface area contributed by atoms with Gasteiger partial charge in [0.1, 0.15) is 11.6 Å². The SMILES string of the molecule is CC(NC(=O)[C@@H]1CN(CC2CC2)CC[C@H]1NC(=O)c1cc(-c2ccc(F)cc2F)on1)c1ccccn1. The van der Waals surface area contributed by atoms with Crippen LogP contribution in [0.25, 0.3) is 11.3 Å². The highest BCUT2D eigenvalue weighted by atomic mass is 19.1. The standard InChI is InChI=1S/C27H29F2N5O3/c1-16(22-4-2-3-10-30-22)31-26(35)20-15-34(14-17-5-6-17)11-9-23(20)32-27(36)24-13-25(37-33-24)19-8-7-18(28)12-21(19)29/h2-4,7-8,10,12-13,16-17,20,23H,5-6,9,11,14-15H2,1H3,(H,31,35)(H,32,36)/t16?,20-,23-/m1/s1. The average Bonchev–Trinajstić information content (AvgIpc) is 3.57. The highest BCUT2D eigenvalue weighted by molar-refractivity contribution is 5.94. The molecule has 1 saturated carbocycles. The number of aromatic nitrogens is 2. The molecule has 0 radical (unpaired) electrons. The molecule has 2 amide bonds. The molecule has 10 heteroatoms. The van der Waals surface area contributed by atoms with E-state index in [4.69, 9.17) is 4.52 Å². The minimum absolute atomic E-state index is 0.00194. The molecule has 5 rings (SSSR count). The molecule has 2 aromatic heterocycles. The fourth-order valence-corrected chi connectivity index (χ4v) is 4.76. The van der Waals surface area contributed by atoms with Crippen LogP contribution in [0.5, 0.6) is 0 Å². The first-order valence-electron chi connectivity index (χ1n) is 12.5. The number of benzene rings is 1. The minimum Gasteiger partial charge on any atom is -0.355 e. The molecule has 2 aliphatic rings. The lowest BCUT2D eigenvalue weighted by atomic mass is 9.90. The lowest BCUT2D eigenvalue weighted by molar-refractivity contribution is -0.128. The summed E-state index contributed by atoms with van der Waals surface area (Å²) < 4.78 is 32.5. The number of rotatable bonds is 8. The quantitative estimate of drug-likeness (QED) is 0.480. The molecule has 1 unspecified atom stereocenters. The molecule has 1 saturated heterocycles. The Morgan fingerprint density at radius 1 is 1.16 bits per heavy atom. The first-order chi connectivity index (χ1) is 17.9. The minimum atomic E-state index is -0.815. The van der Waals surface area contributed by atoms with Crippen LogP contribution in [0.3, 0.4) is 0 Å². The van der Waals surface area contributed by atoms with Gasteiger partial charge in [-0.15, -0.1) is 0 Å². The average molecular weight is 510 g/mol. The Hall–Kier alpha value is -3.66. The Labute approximate surface area is 213 Å². The maximum atomic E-state index is 14.1. The van der Waals surface area contributed by atoms with Crippen LogP contribution in [0.15, 0.2) is 53.2 Å². The second kappa shape index (κ2) is 10.8. The third-order valence-corrected chi connectivity index (χ3v) is 6.99. The molecule has 37 heavy (non-hydrogen) atoms. The summed E-state index contributed by atoms with van der Waals surface area (Å²) in [6, 6.07) is 9.23. The topological polar surface area (TPSA) is 100 Å². The molecule has 3 aromatic rings. The zero-order chi connectivity index (χ0) is 25.9. The number of nitrogens with one attached hydrogen (secondary N) is 2. The van der Waals surface area contributed by atoms with E-state index in [1.54, 1.807) is 6.20 Å². The van der Waals surface area contributed by atoms with Crippen LogP contribution in [0.4, 0.5) is 8.78 Å². The zero-order valence-corrected chi connectivity index (χ0v) is 20.5. The van der Waals surface area contributed by atoms with Crippen LogP contribution in [0.2, 0.25) is 0 Å². The van der Waals surface area contributed by atoms with Crippen molar-refractivity contribution in [1.29, 1.82) is 0 Å². The maximum absolute atomic E-state index is 14.1. The van der Waals surface area contributed by atoms with Gasteiger partial charge in [-0.1, -0.05) is 11.2 Å². The van der Waals surface area contributed by atoms with Crippen molar-refractivity contribution in [2.75, 3.05) is 19.6 Å². The third-order valence-electron chi connectivity index (χ3n) is 6.99. The predicted molar refractivity (Wildman–Crippen MR) is 131 cm³/mol. The predicted octanol–water partition coefficient (Wildman–Crippen LogP) is 3.72. The molecule has 1 aliphatic heterocycles. The Balaban J connectivity index is 1.29. The fourth-order valence-electron chi connectivity index (χ4n) is 4.76. The van der Waals surface area contributed by atoms with Gasteiger partial charge in [0.2, 0.25) is 5.91 Å². The number of nitrogens with zero attached hydrogens (tertiary/aromatic N) is 3. The first-order valence-corrected chi connectivity index (χ1v) is 12.5. The summed E-state index contributed by atoms with van der Waals surface area (Å²) in [7, 11) is 0. The summed E-state index contributed by atoms with van der Waals surface area (Å²) in [4.78, 5) is 33.0. The van der Waals surface area contributed by atoms with Gasteiger partial charge in [-0.05, 0) is 56.4 Å². The Morgan fingerprint density at radius 3 is 2.73 bits per heavy atom. The van der Waals surface area contributed by atoms with Gasteiger partial charge in [0.25, 0.3) is 5.91 Å². The van der Waals surface area contributed by atoms with E-state index in [0.29, 0.717) is 18.9 Å². The Morgan fingerprint density at radius 2 is 2.00 bits per heavy atom. The van der Waals surface area contributed by atoms with Crippen LogP contribution in [0.1, 0.15) is 48.4 Å². The second-order valence-corrected chi connectivity index (χ2v) is 9.86. The normalized spacial score (nSPS) is 20.8. The lowest BCUT2D eigenvalue weighted by Gasteiger charge is -2.38. The van der Waals surface area contributed by atoms with E-state index in [-0.39, 0.29) is 29.0 Å². The van der Waals surface area contributed by atoms with Crippen molar-refractivity contribution < 1.29 is 22.9 Å². The van der Waals surface area contributed by atoms with Crippen molar-refractivity contribution in [2.45, 2.75) is 38.3 Å². The van der Waals surface area contributed by atoms with Gasteiger partial charge < -0.3 is 20.1 Å². The monoisotopic (exact) mass is 509 g/mol. The van der Waals surface area contributed by atoms with Crippen LogP contribution in [-0.2, 0) is 4.79 Å². The molecule has 1 aliphatic carbocycles. The summed E-state index contributed by atoms with van der Waals surface area (Å²) in [5, 5.41) is 9.76. The number of halogens is 2. The van der Waals surface area contributed by atoms with Crippen molar-refractivity contribution in [3.8, 4) is 11.3 Å². The van der Waals surface area contributed by atoms with Gasteiger partial charge in [-0.2, -0.15) is 0 Å². The molecule has 8 nitrogen and oxygen atoms in total. The fraction of sp³-hybridized carbons (Fsp3) is 0.407. The van der Waals surface area contributed by atoms with Crippen molar-refractivity contribution in [2.24, 2.45) is 11.8 Å². The largest absolute Gasteiger partial charge is 0.355 e. The maximum Gasteiger partial charge on any atom is 0.273 e. The van der Waals surface area contributed by atoms with Gasteiger partial charge in [0.05, 0.1) is 23.2 Å². The molecular weight excluding hydrogens is 480 g/mol. The van der Waals surface area contributed by atoms with Gasteiger partial charge in [-0.3, -0.25) is 14.6 Å². The van der Waals surface area contributed by atoms with Crippen molar-refractivity contribution >= 4 is 11.8 Å². The van der Waals surface area contributed by atoms with E-state index in [0.717, 1.165) is 30.9 Å². The smallest absolute Gasteiger partial charge is 0.273 e. The number of hydrogen-bond donors (Lipinski definition) is 2. The molecule has 1 aromatic carbocycles. The molecule has 3 heterocycles. The van der Waals surface area contributed by atoms with Crippen molar-refractivity contribution in [1.82, 2.24) is 25.7 Å². The van der Waals surface area contributed by atoms with Crippen LogP contribution < -0.4 is 10.6 Å². The number of piperidine rings is 1. The van der Waals surface area contributed by atoms with Crippen molar-refractivity contribution in [3.05, 3.63) is 71.7 Å². The van der Waals surface area contributed by atoms with Crippen LogP contribution >= 0.6 is 0 Å². The number of hydrogen-bond acceptors (Lipinski definition) is 6. The molecule has 2 N–H and O–H groups in total. The number of amides is 2. The van der Waals surface area contributed by atoms with E-state index in [1.165, 1.54) is 25.0 Å². The zero-order valence-electron chi connectivity index (χ0n) is 20.5. The molecular formula is C27H29F2N5O3. The summed E-state index contributed by atoms with van der Waals surface area (Å²) in [5.74, 6) is -1.98. The van der Waals surface area contributed by atoms with Gasteiger partial charge in [0, 0.05) is 44.0 Å². The number of likely N-dealkylation sites (tertiary alicyclic amines) is 1. The Kier molecular flexibility index (Phi) is 7.27. The van der Waals surface area contributed by atoms with E-state index < -0.39 is 29.5 Å². The van der Waals surface area contributed by atoms with Gasteiger partial charge >= 0.3 is 0 Å². The van der Waals surface area contributed by atoms with Gasteiger partial charge in [-0.25, -0.2) is 8.78 Å². The van der Waals surface area contributed by atoms with E-state index in [9.17, 15) is 18.4 Å². The number of carbonyl (C=O) groups is 2. The molecule has 194 valence electrons. The van der Waals surface area contributed by atoms with Crippen LogP contribution in [-0.4, -0.2) is 52.5 Å². The third kappa shape index (κ3) is 6.02. The summed E-state index contributed by atoms with van der Waals surface area (Å²) in [5.41, 5.74) is 0.715. The van der Waals surface area contributed by atoms with Gasteiger partial charge in [0.15, 0.2) is 11.5 Å². The van der Waals surface area contributed by atoms with E-state index in [2.05, 4.69) is 25.7 Å². The number of pyridine rings is 1. The van der Waals surface area contributed by atoms with Crippen molar-refractivity contribution in [3.63, 3.8) is 0 Å². The Bertz CT molecular complexity index is 1260. The van der Waals surface area contributed by atoms with Crippen LogP contribution in [0, 0.1) is 23.5 Å². The molecule has 2 fully saturated rings. The highest BCUT2D eigenvalue weighted by Crippen LogP contribution is 2.31. The molecule has 0 spiro atoms. The molecule has 3 atom stereocenters. The summed E-state index contributed by atoms with van der Waals surface area (Å²) in [6.07, 6.45) is 4.72. The van der Waals surface area contributed by atoms with E-state index in [1.807, 2.05) is 25.1 Å².